The minimum absolute atomic E-state index is 0.557. The minimum atomic E-state index is -2.04. The van der Waals surface area contributed by atoms with Crippen LogP contribution in [-0.4, -0.2) is 13.1 Å². The number of fused-ring (bicyclic) bond motifs is 1. The normalized spacial score (nSPS) is 12.5. The van der Waals surface area contributed by atoms with Crippen LogP contribution in [0.1, 0.15) is 39.0 Å². The number of halogens is 1. The Bertz CT molecular complexity index is 891. The Morgan fingerprint density at radius 1 is 1.04 bits per heavy atom. The van der Waals surface area contributed by atoms with Crippen molar-refractivity contribution in [2.24, 2.45) is 0 Å². The zero-order valence-electron chi connectivity index (χ0n) is 15.9. The Balaban J connectivity index is 2.39. The number of nitrogens with zero attached hydrogens (tertiary/aromatic N) is 1. The summed E-state index contributed by atoms with van der Waals surface area (Å²) in [6, 6.07) is 11.0. The molecule has 0 saturated carbocycles. The molecule has 0 aliphatic rings. The summed E-state index contributed by atoms with van der Waals surface area (Å²) in [4.78, 5) is 4.85. The fourth-order valence-corrected chi connectivity index (χ4v) is 11.6. The maximum absolute atomic E-state index is 5.97. The molecule has 0 fully saturated rings. The topological polar surface area (TPSA) is 26.0 Å². The second-order valence-electron chi connectivity index (χ2n) is 7.50. The summed E-state index contributed by atoms with van der Waals surface area (Å²) in [6.45, 7) is 13.7. The molecule has 0 aliphatic carbocycles. The highest BCUT2D eigenvalue weighted by atomic mass is 127. The molecule has 0 radical (unpaired) electrons. The van der Waals surface area contributed by atoms with Crippen molar-refractivity contribution in [1.82, 2.24) is 4.98 Å². The molecule has 0 saturated heterocycles. The van der Waals surface area contributed by atoms with Gasteiger partial charge in [0.25, 0.3) is 0 Å². The van der Waals surface area contributed by atoms with Gasteiger partial charge in [-0.1, -0.05) is 39.8 Å². The van der Waals surface area contributed by atoms with Crippen LogP contribution in [0.25, 0.3) is 11.0 Å². The van der Waals surface area contributed by atoms with Crippen molar-refractivity contribution in [3.8, 4) is 0 Å². The summed E-state index contributed by atoms with van der Waals surface area (Å²) < 4.78 is 7.27. The van der Waals surface area contributed by atoms with Crippen LogP contribution in [-0.2, 0) is 0 Å². The molecule has 0 N–H and O–H groups in total. The number of benzene rings is 1. The number of furan rings is 1. The first-order valence-electron chi connectivity index (χ1n) is 8.91. The van der Waals surface area contributed by atoms with Crippen molar-refractivity contribution < 1.29 is 4.42 Å². The molecule has 2 aromatic heterocycles. The van der Waals surface area contributed by atoms with Crippen molar-refractivity contribution in [2.75, 3.05) is 0 Å². The van der Waals surface area contributed by atoms with Gasteiger partial charge in [-0.25, -0.2) is 0 Å². The van der Waals surface area contributed by atoms with E-state index in [4.69, 9.17) is 9.40 Å². The monoisotopic (exact) mass is 463 g/mol. The lowest BCUT2D eigenvalue weighted by atomic mass is 10.1. The van der Waals surface area contributed by atoms with Crippen LogP contribution < -0.4 is 10.5 Å². The van der Waals surface area contributed by atoms with Gasteiger partial charge in [-0.15, -0.1) is 0 Å². The first-order chi connectivity index (χ1) is 11.8. The fraction of sp³-hybridized carbons (Fsp3) is 0.381. The average molecular weight is 463 g/mol. The molecular weight excluding hydrogens is 437 g/mol. The Kier molecular flexibility index (Phi) is 5.13. The van der Waals surface area contributed by atoms with E-state index in [1.807, 2.05) is 12.3 Å². The van der Waals surface area contributed by atoms with Gasteiger partial charge in [-0.2, -0.15) is 0 Å². The van der Waals surface area contributed by atoms with Crippen LogP contribution in [0.2, 0.25) is 11.1 Å². The van der Waals surface area contributed by atoms with E-state index in [9.17, 15) is 0 Å². The molecule has 4 heteroatoms. The van der Waals surface area contributed by atoms with E-state index in [1.165, 1.54) is 25.0 Å². The van der Waals surface area contributed by atoms with Crippen LogP contribution in [0.3, 0.4) is 0 Å². The highest BCUT2D eigenvalue weighted by molar-refractivity contribution is 14.1. The van der Waals surface area contributed by atoms with E-state index in [2.05, 4.69) is 88.4 Å². The molecule has 0 spiro atoms. The predicted molar refractivity (Wildman–Crippen MR) is 118 cm³/mol. The van der Waals surface area contributed by atoms with Gasteiger partial charge < -0.3 is 4.42 Å². The average Bonchev–Trinajstić information content (AvgIpc) is 2.83. The smallest absolute Gasteiger partial charge is 0.147 e. The van der Waals surface area contributed by atoms with Gasteiger partial charge in [-0.05, 0) is 76.5 Å². The molecule has 0 unspecified atom stereocenters. The Morgan fingerprint density at radius 3 is 2.28 bits per heavy atom. The third kappa shape index (κ3) is 2.87. The Labute approximate surface area is 165 Å². The highest BCUT2D eigenvalue weighted by Crippen LogP contribution is 2.35. The first kappa shape index (κ1) is 18.6. The molecule has 3 aromatic rings. The molecule has 0 atom stereocenters. The first-order valence-corrected chi connectivity index (χ1v) is 12.1. The van der Waals surface area contributed by atoms with Gasteiger partial charge in [0.2, 0.25) is 0 Å². The zero-order chi connectivity index (χ0) is 18.4. The number of aromatic nitrogens is 1. The van der Waals surface area contributed by atoms with Crippen molar-refractivity contribution in [3.63, 3.8) is 0 Å². The van der Waals surface area contributed by atoms with Crippen LogP contribution in [0.4, 0.5) is 0 Å². The van der Waals surface area contributed by atoms with Gasteiger partial charge in [0.1, 0.15) is 19.4 Å². The highest BCUT2D eigenvalue weighted by Gasteiger charge is 2.46. The molecule has 2 nitrogen and oxygen atoms in total. The van der Waals surface area contributed by atoms with Gasteiger partial charge >= 0.3 is 0 Å². The van der Waals surface area contributed by atoms with Gasteiger partial charge in [0.15, 0.2) is 0 Å². The summed E-state index contributed by atoms with van der Waals surface area (Å²) in [5.41, 5.74) is 3.37. The standard InChI is InChI=1S/C21H26INOSi/c1-13(2)25(14(3)4,21-9-7-8-10-23-21)20-11-17-15(5)16(6)24-19(17)12-18(20)22/h7-14H,1-6H3. The number of hydrogen-bond acceptors (Lipinski definition) is 2. The second kappa shape index (κ2) is 6.87. The van der Waals surface area contributed by atoms with Gasteiger partial charge in [0, 0.05) is 20.5 Å². The van der Waals surface area contributed by atoms with E-state index in [-0.39, 0.29) is 0 Å². The van der Waals surface area contributed by atoms with E-state index in [0.29, 0.717) is 11.1 Å². The van der Waals surface area contributed by atoms with Crippen LogP contribution >= 0.6 is 22.6 Å². The lowest BCUT2D eigenvalue weighted by molar-refractivity contribution is 0.575. The molecule has 3 rings (SSSR count). The van der Waals surface area contributed by atoms with Crippen molar-refractivity contribution in [3.05, 3.63) is 51.4 Å². The maximum Gasteiger partial charge on any atom is 0.147 e. The fourth-order valence-electron chi connectivity index (χ4n) is 4.31. The Hall–Kier alpha value is -1.14. The molecule has 0 aliphatic heterocycles. The van der Waals surface area contributed by atoms with E-state index in [1.54, 1.807) is 0 Å². The minimum Gasteiger partial charge on any atom is -0.461 e. The Morgan fingerprint density at radius 2 is 1.72 bits per heavy atom. The lowest BCUT2D eigenvalue weighted by Gasteiger charge is -2.40. The molecule has 0 bridgehead atoms. The molecule has 0 amide bonds. The quantitative estimate of drug-likeness (QED) is 0.381. The predicted octanol–water partition coefficient (Wildman–Crippen LogP) is 5.43. The number of aryl methyl sites for hydroxylation is 2. The lowest BCUT2D eigenvalue weighted by Crippen LogP contribution is -2.64. The third-order valence-electron chi connectivity index (χ3n) is 5.62. The van der Waals surface area contributed by atoms with Crippen LogP contribution in [0.15, 0.2) is 40.9 Å². The van der Waals surface area contributed by atoms with Gasteiger partial charge in [0.05, 0.1) is 0 Å². The molecule has 25 heavy (non-hydrogen) atoms. The molecular formula is C21H26INOSi. The summed E-state index contributed by atoms with van der Waals surface area (Å²) in [5, 5.41) is 4.03. The van der Waals surface area contributed by atoms with Crippen molar-refractivity contribution >= 4 is 52.1 Å². The number of hydrogen-bond donors (Lipinski definition) is 0. The SMILES string of the molecule is Cc1oc2cc(I)c([Si](c3ccccn3)(C(C)C)C(C)C)cc2c1C. The largest absolute Gasteiger partial charge is 0.461 e. The van der Waals surface area contributed by atoms with Crippen LogP contribution in [0, 0.1) is 17.4 Å². The summed E-state index contributed by atoms with van der Waals surface area (Å²) in [5.74, 6) is 1.02. The van der Waals surface area contributed by atoms with Crippen molar-refractivity contribution in [1.29, 1.82) is 0 Å². The number of rotatable bonds is 4. The van der Waals surface area contributed by atoms with E-state index in [0.717, 1.165) is 11.3 Å². The zero-order valence-corrected chi connectivity index (χ0v) is 19.0. The molecule has 132 valence electrons. The van der Waals surface area contributed by atoms with Crippen molar-refractivity contribution in [2.45, 2.75) is 52.6 Å². The molecule has 1 aromatic carbocycles. The van der Waals surface area contributed by atoms with E-state index < -0.39 is 8.07 Å². The summed E-state index contributed by atoms with van der Waals surface area (Å²) >= 11 is 2.50. The number of pyridine rings is 1. The summed E-state index contributed by atoms with van der Waals surface area (Å²) in [6.07, 6.45) is 1.94. The third-order valence-corrected chi connectivity index (χ3v) is 13.1. The maximum atomic E-state index is 5.97. The molecule has 2 heterocycles. The second-order valence-corrected chi connectivity index (χ2v) is 13.8. The van der Waals surface area contributed by atoms with E-state index >= 15 is 0 Å². The summed E-state index contributed by atoms with van der Waals surface area (Å²) in [7, 11) is -2.04. The van der Waals surface area contributed by atoms with Gasteiger partial charge in [-0.3, -0.25) is 4.98 Å². The van der Waals surface area contributed by atoms with Crippen LogP contribution in [0.5, 0.6) is 0 Å².